The Morgan fingerprint density at radius 3 is 2.65 bits per heavy atom. The summed E-state index contributed by atoms with van der Waals surface area (Å²) in [6, 6.07) is 7.28. The average Bonchev–Trinajstić information content (AvgIpc) is 2.81. The van der Waals surface area contributed by atoms with Crippen LogP contribution in [0.5, 0.6) is 0 Å². The Kier molecular flexibility index (Phi) is 5.80. The van der Waals surface area contributed by atoms with Gasteiger partial charge in [-0.2, -0.15) is 5.10 Å². The van der Waals surface area contributed by atoms with Crippen LogP contribution in [0.25, 0.3) is 0 Å². The third-order valence-corrected chi connectivity index (χ3v) is 4.27. The highest BCUT2D eigenvalue weighted by atomic mass is 35.5. The van der Waals surface area contributed by atoms with Crippen LogP contribution in [0.3, 0.4) is 0 Å². The van der Waals surface area contributed by atoms with Crippen molar-refractivity contribution in [3.05, 3.63) is 51.8 Å². The number of rotatable bonds is 6. The molecule has 0 bridgehead atoms. The summed E-state index contributed by atoms with van der Waals surface area (Å²) in [5.74, 6) is -0.0702. The van der Waals surface area contributed by atoms with E-state index in [1.165, 1.54) is 0 Å². The zero-order valence-electron chi connectivity index (χ0n) is 13.8. The Bertz CT molecular complexity index is 665. The maximum absolute atomic E-state index is 12.3. The Morgan fingerprint density at radius 2 is 2.09 bits per heavy atom. The van der Waals surface area contributed by atoms with E-state index in [4.69, 9.17) is 16.3 Å². The molecular formula is C17H22ClN3O2. The maximum atomic E-state index is 12.3. The number of amides is 1. The van der Waals surface area contributed by atoms with Crippen molar-refractivity contribution >= 4 is 17.5 Å². The summed E-state index contributed by atoms with van der Waals surface area (Å²) in [6.07, 6.45) is -0.0172. The molecule has 0 spiro atoms. The van der Waals surface area contributed by atoms with Crippen LogP contribution in [0.1, 0.15) is 35.5 Å². The molecule has 2 aromatic rings. The zero-order chi connectivity index (χ0) is 17.0. The van der Waals surface area contributed by atoms with Crippen molar-refractivity contribution in [3.63, 3.8) is 0 Å². The van der Waals surface area contributed by atoms with E-state index in [-0.39, 0.29) is 24.5 Å². The second-order valence-corrected chi connectivity index (χ2v) is 6.03. The van der Waals surface area contributed by atoms with Gasteiger partial charge in [0.25, 0.3) is 0 Å². The van der Waals surface area contributed by atoms with Gasteiger partial charge in [0.15, 0.2) is 0 Å². The van der Waals surface area contributed by atoms with Gasteiger partial charge in [-0.3, -0.25) is 9.89 Å². The molecule has 23 heavy (non-hydrogen) atoms. The molecular weight excluding hydrogens is 314 g/mol. The van der Waals surface area contributed by atoms with E-state index < -0.39 is 0 Å². The molecule has 0 fully saturated rings. The molecule has 1 amide bonds. The van der Waals surface area contributed by atoms with Gasteiger partial charge in [0.1, 0.15) is 6.10 Å². The Morgan fingerprint density at radius 1 is 1.39 bits per heavy atom. The van der Waals surface area contributed by atoms with Gasteiger partial charge in [0.05, 0.1) is 18.2 Å². The average molecular weight is 336 g/mol. The number of halogens is 1. The molecule has 2 rings (SSSR count). The summed E-state index contributed by atoms with van der Waals surface area (Å²) in [4.78, 5) is 12.3. The lowest BCUT2D eigenvalue weighted by Gasteiger charge is -2.25. The van der Waals surface area contributed by atoms with Crippen LogP contribution in [-0.2, 0) is 16.0 Å². The maximum Gasteiger partial charge on any atom is 0.224 e. The summed E-state index contributed by atoms with van der Waals surface area (Å²) in [7, 11) is 1.61. The van der Waals surface area contributed by atoms with E-state index in [1.807, 2.05) is 45.0 Å². The minimum Gasteiger partial charge on any atom is -0.375 e. The Labute approximate surface area is 141 Å². The molecule has 2 N–H and O–H groups in total. The van der Waals surface area contributed by atoms with Crippen molar-refractivity contribution in [1.29, 1.82) is 0 Å². The van der Waals surface area contributed by atoms with E-state index in [2.05, 4.69) is 15.5 Å². The van der Waals surface area contributed by atoms with Crippen LogP contribution in [0.15, 0.2) is 24.3 Å². The molecule has 2 atom stereocenters. The van der Waals surface area contributed by atoms with Crippen molar-refractivity contribution in [2.45, 2.75) is 39.3 Å². The topological polar surface area (TPSA) is 67.0 Å². The quantitative estimate of drug-likeness (QED) is 0.852. The fraction of sp³-hybridized carbons (Fsp3) is 0.412. The molecule has 124 valence electrons. The number of carbonyl (C=O) groups excluding carboxylic acids is 1. The number of benzene rings is 1. The van der Waals surface area contributed by atoms with Crippen molar-refractivity contribution in [2.75, 3.05) is 7.11 Å². The minimum absolute atomic E-state index is 0.0702. The molecule has 6 heteroatoms. The molecule has 1 heterocycles. The number of aryl methyl sites for hydroxylation is 2. The van der Waals surface area contributed by atoms with Gasteiger partial charge in [-0.15, -0.1) is 0 Å². The summed E-state index contributed by atoms with van der Waals surface area (Å²) in [5.41, 5.74) is 3.56. The number of nitrogens with zero attached hydrogens (tertiary/aromatic N) is 1. The van der Waals surface area contributed by atoms with Crippen molar-refractivity contribution in [2.24, 2.45) is 0 Å². The van der Waals surface area contributed by atoms with Gasteiger partial charge in [-0.25, -0.2) is 0 Å². The number of hydrogen-bond donors (Lipinski definition) is 2. The lowest BCUT2D eigenvalue weighted by atomic mass is 10.0. The molecule has 0 saturated heterocycles. The van der Waals surface area contributed by atoms with E-state index in [9.17, 15) is 4.79 Å². The Balaban J connectivity index is 2.06. The summed E-state index contributed by atoms with van der Waals surface area (Å²) >= 11 is 6.23. The number of ether oxygens (including phenoxy) is 1. The minimum atomic E-state index is -0.306. The predicted octanol–water partition coefficient (Wildman–Crippen LogP) is 3.11. The highest BCUT2D eigenvalue weighted by Gasteiger charge is 2.23. The fourth-order valence-corrected chi connectivity index (χ4v) is 2.93. The molecule has 1 aromatic heterocycles. The highest BCUT2D eigenvalue weighted by molar-refractivity contribution is 6.31. The third-order valence-electron chi connectivity index (χ3n) is 3.93. The molecule has 0 aliphatic heterocycles. The summed E-state index contributed by atoms with van der Waals surface area (Å²) in [6.45, 7) is 5.70. The van der Waals surface area contributed by atoms with E-state index in [0.29, 0.717) is 5.02 Å². The van der Waals surface area contributed by atoms with Crippen LogP contribution in [0.2, 0.25) is 5.02 Å². The number of nitrogens with one attached hydrogen (secondary N) is 2. The fourth-order valence-electron chi connectivity index (χ4n) is 2.68. The molecule has 5 nitrogen and oxygen atoms in total. The second kappa shape index (κ2) is 7.62. The standard InChI is InChI=1S/C17H22ClN3O2/c1-10-14(11(2)21-20-10)9-16(22)19-12(3)17(23-4)13-7-5-6-8-15(13)18/h5-8,12,17H,9H2,1-4H3,(H,19,22)(H,20,21)/t12-,17-/m1/s1. The van der Waals surface area contributed by atoms with E-state index in [0.717, 1.165) is 22.5 Å². The van der Waals surface area contributed by atoms with Gasteiger partial charge in [0, 0.05) is 29.0 Å². The largest absolute Gasteiger partial charge is 0.375 e. The van der Waals surface area contributed by atoms with E-state index >= 15 is 0 Å². The first-order valence-corrected chi connectivity index (χ1v) is 7.88. The van der Waals surface area contributed by atoms with E-state index in [1.54, 1.807) is 7.11 Å². The monoisotopic (exact) mass is 335 g/mol. The first-order valence-electron chi connectivity index (χ1n) is 7.51. The number of carbonyl (C=O) groups is 1. The second-order valence-electron chi connectivity index (χ2n) is 5.62. The van der Waals surface area contributed by atoms with Gasteiger partial charge in [-0.1, -0.05) is 29.8 Å². The number of aromatic nitrogens is 2. The first-order chi connectivity index (χ1) is 10.9. The Hall–Kier alpha value is -1.85. The van der Waals surface area contributed by atoms with Crippen LogP contribution >= 0.6 is 11.6 Å². The van der Waals surface area contributed by atoms with Crippen LogP contribution in [-0.4, -0.2) is 29.3 Å². The zero-order valence-corrected chi connectivity index (χ0v) is 14.6. The number of aromatic amines is 1. The van der Waals surface area contributed by atoms with Gasteiger partial charge in [-0.05, 0) is 26.8 Å². The van der Waals surface area contributed by atoms with Crippen LogP contribution in [0, 0.1) is 13.8 Å². The lowest BCUT2D eigenvalue weighted by molar-refractivity contribution is -0.122. The van der Waals surface area contributed by atoms with Crippen molar-refractivity contribution < 1.29 is 9.53 Å². The summed E-state index contributed by atoms with van der Waals surface area (Å²) in [5, 5.41) is 10.6. The number of hydrogen-bond acceptors (Lipinski definition) is 3. The molecule has 1 aromatic carbocycles. The van der Waals surface area contributed by atoms with Crippen LogP contribution in [0.4, 0.5) is 0 Å². The molecule has 0 aliphatic carbocycles. The third kappa shape index (κ3) is 4.12. The number of methoxy groups -OCH3 is 1. The van der Waals surface area contributed by atoms with Crippen molar-refractivity contribution in [3.8, 4) is 0 Å². The van der Waals surface area contributed by atoms with Gasteiger partial charge >= 0.3 is 0 Å². The van der Waals surface area contributed by atoms with Crippen LogP contribution < -0.4 is 5.32 Å². The molecule has 0 saturated carbocycles. The predicted molar refractivity (Wildman–Crippen MR) is 90.6 cm³/mol. The lowest BCUT2D eigenvalue weighted by Crippen LogP contribution is -2.38. The summed E-state index contributed by atoms with van der Waals surface area (Å²) < 4.78 is 5.54. The molecule has 0 unspecified atom stereocenters. The smallest absolute Gasteiger partial charge is 0.224 e. The first kappa shape index (κ1) is 17.5. The molecule has 0 radical (unpaired) electrons. The molecule has 0 aliphatic rings. The highest BCUT2D eigenvalue weighted by Crippen LogP contribution is 2.27. The number of H-pyrrole nitrogens is 1. The SMILES string of the molecule is CO[C@@H](c1ccccc1Cl)[C@@H](C)NC(=O)Cc1c(C)n[nH]c1C. The van der Waals surface area contributed by atoms with Crippen molar-refractivity contribution in [1.82, 2.24) is 15.5 Å². The van der Waals surface area contributed by atoms with Gasteiger partial charge < -0.3 is 10.1 Å². The normalized spacial score (nSPS) is 13.6. The van der Waals surface area contributed by atoms with Gasteiger partial charge in [0.2, 0.25) is 5.91 Å².